The van der Waals surface area contributed by atoms with Crippen LogP contribution in [0.4, 0.5) is 0 Å². The Hall–Kier alpha value is -1.33. The zero-order chi connectivity index (χ0) is 12.3. The van der Waals surface area contributed by atoms with Gasteiger partial charge in [-0.3, -0.25) is 5.10 Å². The van der Waals surface area contributed by atoms with Gasteiger partial charge in [0.15, 0.2) is 0 Å². The van der Waals surface area contributed by atoms with Crippen molar-refractivity contribution in [2.24, 2.45) is 5.73 Å². The molecule has 5 heteroatoms. The third-order valence-electron chi connectivity index (χ3n) is 2.54. The maximum absolute atomic E-state index is 6.09. The molecule has 0 aliphatic rings. The molecule has 1 aromatic carbocycles. The summed E-state index contributed by atoms with van der Waals surface area (Å²) in [5.41, 5.74) is 7.25. The number of nitrogens with two attached hydrogens (primary N) is 1. The van der Waals surface area contributed by atoms with Crippen LogP contribution in [0.1, 0.15) is 30.8 Å². The minimum Gasteiger partial charge on any atom is -0.324 e. The quantitative estimate of drug-likeness (QED) is 0.873. The lowest BCUT2D eigenvalue weighted by Crippen LogP contribution is -2.09. The van der Waals surface area contributed by atoms with E-state index < -0.39 is 0 Å². The summed E-state index contributed by atoms with van der Waals surface area (Å²) in [6, 6.07) is 8.21. The van der Waals surface area contributed by atoms with Crippen LogP contribution in [0.2, 0.25) is 0 Å². The van der Waals surface area contributed by atoms with E-state index in [4.69, 9.17) is 5.73 Å². The number of nitrogens with one attached hydrogen (secondary N) is 1. The van der Waals surface area contributed by atoms with Crippen molar-refractivity contribution in [3.05, 3.63) is 35.7 Å². The van der Waals surface area contributed by atoms with Gasteiger partial charge in [-0.2, -0.15) is 0 Å². The molecule has 1 unspecified atom stereocenters. The Balaban J connectivity index is 2.26. The van der Waals surface area contributed by atoms with Crippen molar-refractivity contribution in [1.82, 2.24) is 15.2 Å². The highest BCUT2D eigenvalue weighted by atomic mass is 32.2. The summed E-state index contributed by atoms with van der Waals surface area (Å²) < 4.78 is 0. The third-order valence-corrected chi connectivity index (χ3v) is 3.49. The van der Waals surface area contributed by atoms with E-state index in [1.54, 1.807) is 11.8 Å². The summed E-state index contributed by atoms with van der Waals surface area (Å²) in [4.78, 5) is 5.41. The molecule has 0 aliphatic carbocycles. The van der Waals surface area contributed by atoms with Crippen LogP contribution in [0.25, 0.3) is 0 Å². The number of nitrogens with zero attached hydrogens (tertiary/aromatic N) is 2. The lowest BCUT2D eigenvalue weighted by molar-refractivity contribution is 0.685. The topological polar surface area (TPSA) is 67.6 Å². The normalized spacial score (nSPS) is 12.6. The number of hydrogen-bond acceptors (Lipinski definition) is 4. The molecule has 0 fully saturated rings. The van der Waals surface area contributed by atoms with Crippen molar-refractivity contribution in [2.45, 2.75) is 36.4 Å². The molecule has 4 nitrogen and oxygen atoms in total. The maximum Gasteiger partial charge on any atom is 0.213 e. The van der Waals surface area contributed by atoms with Crippen LogP contribution in [0.3, 0.4) is 0 Å². The van der Waals surface area contributed by atoms with E-state index in [1.165, 1.54) is 0 Å². The number of H-pyrrole nitrogens is 1. The molecule has 90 valence electrons. The molecule has 0 bridgehead atoms. The highest BCUT2D eigenvalue weighted by Gasteiger charge is 2.11. The van der Waals surface area contributed by atoms with Gasteiger partial charge in [-0.15, -0.1) is 5.10 Å². The van der Waals surface area contributed by atoms with Gasteiger partial charge in [0, 0.05) is 10.9 Å². The van der Waals surface area contributed by atoms with Crippen LogP contribution in [0, 0.1) is 6.92 Å². The average Bonchev–Trinajstić information content (AvgIpc) is 2.74. The van der Waals surface area contributed by atoms with Gasteiger partial charge in [0.25, 0.3) is 0 Å². The molecule has 1 atom stereocenters. The van der Waals surface area contributed by atoms with E-state index in [2.05, 4.69) is 34.2 Å². The van der Waals surface area contributed by atoms with Crippen LogP contribution in [-0.4, -0.2) is 15.2 Å². The van der Waals surface area contributed by atoms with E-state index in [1.807, 2.05) is 19.1 Å². The maximum atomic E-state index is 6.09. The van der Waals surface area contributed by atoms with Crippen molar-refractivity contribution in [3.8, 4) is 0 Å². The molecule has 0 amide bonds. The van der Waals surface area contributed by atoms with Crippen molar-refractivity contribution in [2.75, 3.05) is 0 Å². The molecular formula is C12H16N4S. The first kappa shape index (κ1) is 12.1. The number of rotatable bonds is 4. The van der Waals surface area contributed by atoms with Gasteiger partial charge in [0.2, 0.25) is 5.16 Å². The van der Waals surface area contributed by atoms with Gasteiger partial charge in [-0.25, -0.2) is 4.98 Å². The standard InChI is InChI=1S/C12H16N4S/c1-3-10(13)9-6-4-5-7-11(9)17-12-14-8(2)15-16-12/h4-7,10H,3,13H2,1-2H3,(H,14,15,16). The number of hydrogen-bond donors (Lipinski definition) is 2. The second-order valence-electron chi connectivity index (χ2n) is 3.86. The highest BCUT2D eigenvalue weighted by Crippen LogP contribution is 2.31. The molecule has 0 spiro atoms. The number of benzene rings is 1. The second-order valence-corrected chi connectivity index (χ2v) is 4.87. The number of aromatic amines is 1. The summed E-state index contributed by atoms with van der Waals surface area (Å²) >= 11 is 1.55. The van der Waals surface area contributed by atoms with Gasteiger partial charge in [0.1, 0.15) is 5.82 Å². The Bertz CT molecular complexity index is 495. The largest absolute Gasteiger partial charge is 0.324 e. The molecule has 17 heavy (non-hydrogen) atoms. The smallest absolute Gasteiger partial charge is 0.213 e. The van der Waals surface area contributed by atoms with Crippen molar-refractivity contribution in [3.63, 3.8) is 0 Å². The Labute approximate surface area is 105 Å². The van der Waals surface area contributed by atoms with Gasteiger partial charge in [-0.1, -0.05) is 25.1 Å². The molecule has 0 aliphatic heterocycles. The van der Waals surface area contributed by atoms with Gasteiger partial charge in [-0.05, 0) is 36.7 Å². The fourth-order valence-corrected chi connectivity index (χ4v) is 2.52. The van der Waals surface area contributed by atoms with Crippen LogP contribution in [-0.2, 0) is 0 Å². The number of aryl methyl sites for hydroxylation is 1. The fraction of sp³-hybridized carbons (Fsp3) is 0.333. The van der Waals surface area contributed by atoms with Crippen LogP contribution < -0.4 is 5.73 Å². The molecule has 1 aromatic heterocycles. The summed E-state index contributed by atoms with van der Waals surface area (Å²) in [5, 5.41) is 7.70. The van der Waals surface area contributed by atoms with Crippen molar-refractivity contribution >= 4 is 11.8 Å². The Morgan fingerprint density at radius 1 is 1.41 bits per heavy atom. The minimum absolute atomic E-state index is 0.0683. The van der Waals surface area contributed by atoms with Crippen LogP contribution in [0.15, 0.2) is 34.3 Å². The molecule has 2 aromatic rings. The molecular weight excluding hydrogens is 232 g/mol. The predicted molar refractivity (Wildman–Crippen MR) is 68.9 cm³/mol. The van der Waals surface area contributed by atoms with E-state index in [0.717, 1.165) is 27.9 Å². The first-order valence-electron chi connectivity index (χ1n) is 5.62. The van der Waals surface area contributed by atoms with Gasteiger partial charge < -0.3 is 5.73 Å². The average molecular weight is 248 g/mol. The summed E-state index contributed by atoms with van der Waals surface area (Å²) in [7, 11) is 0. The Morgan fingerprint density at radius 3 is 2.82 bits per heavy atom. The van der Waals surface area contributed by atoms with Crippen LogP contribution >= 0.6 is 11.8 Å². The molecule has 0 saturated heterocycles. The first-order valence-corrected chi connectivity index (χ1v) is 6.43. The molecule has 0 radical (unpaired) electrons. The molecule has 0 saturated carbocycles. The number of aromatic nitrogens is 3. The lowest BCUT2D eigenvalue weighted by atomic mass is 10.1. The molecule has 3 N–H and O–H groups in total. The van der Waals surface area contributed by atoms with E-state index in [-0.39, 0.29) is 6.04 Å². The molecule has 1 heterocycles. The fourth-order valence-electron chi connectivity index (χ4n) is 1.57. The summed E-state index contributed by atoms with van der Waals surface area (Å²) in [6.07, 6.45) is 0.921. The first-order chi connectivity index (χ1) is 8.20. The van der Waals surface area contributed by atoms with E-state index in [0.29, 0.717) is 0 Å². The zero-order valence-electron chi connectivity index (χ0n) is 9.97. The third kappa shape index (κ3) is 2.87. The summed E-state index contributed by atoms with van der Waals surface area (Å²) in [6.45, 7) is 3.98. The zero-order valence-corrected chi connectivity index (χ0v) is 10.8. The molecule has 2 rings (SSSR count). The lowest BCUT2D eigenvalue weighted by Gasteiger charge is -2.13. The Kier molecular flexibility index (Phi) is 3.81. The van der Waals surface area contributed by atoms with E-state index >= 15 is 0 Å². The van der Waals surface area contributed by atoms with Gasteiger partial charge >= 0.3 is 0 Å². The van der Waals surface area contributed by atoms with Crippen LogP contribution in [0.5, 0.6) is 0 Å². The van der Waals surface area contributed by atoms with Crippen molar-refractivity contribution in [1.29, 1.82) is 0 Å². The predicted octanol–water partition coefficient (Wildman–Crippen LogP) is 2.67. The highest BCUT2D eigenvalue weighted by molar-refractivity contribution is 7.99. The monoisotopic (exact) mass is 248 g/mol. The minimum atomic E-state index is 0.0683. The van der Waals surface area contributed by atoms with Gasteiger partial charge in [0.05, 0.1) is 0 Å². The summed E-state index contributed by atoms with van der Waals surface area (Å²) in [5.74, 6) is 0.824. The second kappa shape index (κ2) is 5.33. The van der Waals surface area contributed by atoms with E-state index in [9.17, 15) is 0 Å². The Morgan fingerprint density at radius 2 is 2.18 bits per heavy atom. The SMILES string of the molecule is CCC(N)c1ccccc1Sc1n[nH]c(C)n1. The van der Waals surface area contributed by atoms with Crippen molar-refractivity contribution < 1.29 is 0 Å².